The van der Waals surface area contributed by atoms with Crippen molar-refractivity contribution in [2.75, 3.05) is 0 Å². The van der Waals surface area contributed by atoms with Crippen LogP contribution < -0.4 is 0 Å². The highest BCUT2D eigenvalue weighted by molar-refractivity contribution is 4.72. The van der Waals surface area contributed by atoms with E-state index >= 15 is 0 Å². The SMILES string of the molecule is CCC1CCC(CC[C@@H](C)O)CC1. The van der Waals surface area contributed by atoms with Gasteiger partial charge >= 0.3 is 0 Å². The summed E-state index contributed by atoms with van der Waals surface area (Å²) >= 11 is 0. The summed E-state index contributed by atoms with van der Waals surface area (Å²) in [5, 5.41) is 9.18. The van der Waals surface area contributed by atoms with E-state index in [4.69, 9.17) is 0 Å². The Hall–Kier alpha value is -0.0400. The molecule has 0 heterocycles. The van der Waals surface area contributed by atoms with Gasteiger partial charge in [-0.15, -0.1) is 0 Å². The van der Waals surface area contributed by atoms with Crippen LogP contribution in [0.4, 0.5) is 0 Å². The van der Waals surface area contributed by atoms with E-state index in [1.165, 1.54) is 38.5 Å². The van der Waals surface area contributed by atoms with Crippen molar-refractivity contribution >= 4 is 0 Å². The molecule has 1 N–H and O–H groups in total. The molecular weight excluding hydrogens is 160 g/mol. The maximum atomic E-state index is 9.18. The highest BCUT2D eigenvalue weighted by Crippen LogP contribution is 2.33. The van der Waals surface area contributed by atoms with Gasteiger partial charge in [0.25, 0.3) is 0 Å². The topological polar surface area (TPSA) is 20.2 Å². The molecule has 1 saturated carbocycles. The summed E-state index contributed by atoms with van der Waals surface area (Å²) in [7, 11) is 0. The van der Waals surface area contributed by atoms with Crippen molar-refractivity contribution in [1.29, 1.82) is 0 Å². The minimum absolute atomic E-state index is 0.0936. The predicted octanol–water partition coefficient (Wildman–Crippen LogP) is 3.36. The molecule has 0 aromatic heterocycles. The minimum atomic E-state index is -0.0936. The van der Waals surface area contributed by atoms with Gasteiger partial charge in [-0.1, -0.05) is 39.0 Å². The molecule has 0 aromatic rings. The van der Waals surface area contributed by atoms with Crippen molar-refractivity contribution in [2.45, 2.75) is 64.9 Å². The number of aliphatic hydroxyl groups excluding tert-OH is 1. The van der Waals surface area contributed by atoms with E-state index in [2.05, 4.69) is 6.92 Å². The van der Waals surface area contributed by atoms with Crippen LogP contribution in [0.1, 0.15) is 58.8 Å². The molecular formula is C12H24O. The van der Waals surface area contributed by atoms with Crippen LogP contribution in [0.3, 0.4) is 0 Å². The summed E-state index contributed by atoms with van der Waals surface area (Å²) in [6, 6.07) is 0. The number of rotatable bonds is 4. The van der Waals surface area contributed by atoms with Crippen molar-refractivity contribution in [3.05, 3.63) is 0 Å². The van der Waals surface area contributed by atoms with E-state index in [1.54, 1.807) is 0 Å². The summed E-state index contributed by atoms with van der Waals surface area (Å²) in [6.45, 7) is 4.21. The van der Waals surface area contributed by atoms with Crippen LogP contribution in [0.5, 0.6) is 0 Å². The second-order valence-corrected chi connectivity index (χ2v) is 4.72. The molecule has 13 heavy (non-hydrogen) atoms. The third kappa shape index (κ3) is 4.12. The fourth-order valence-electron chi connectivity index (χ4n) is 2.41. The lowest BCUT2D eigenvalue weighted by atomic mass is 9.79. The fourth-order valence-corrected chi connectivity index (χ4v) is 2.41. The number of hydrogen-bond donors (Lipinski definition) is 1. The summed E-state index contributed by atoms with van der Waals surface area (Å²) in [5.74, 6) is 1.92. The Morgan fingerprint density at radius 1 is 1.15 bits per heavy atom. The molecule has 0 spiro atoms. The van der Waals surface area contributed by atoms with Crippen LogP contribution in [-0.4, -0.2) is 11.2 Å². The second-order valence-electron chi connectivity index (χ2n) is 4.72. The monoisotopic (exact) mass is 184 g/mol. The number of hydrogen-bond acceptors (Lipinski definition) is 1. The smallest absolute Gasteiger partial charge is 0.0512 e. The van der Waals surface area contributed by atoms with Crippen molar-refractivity contribution in [3.63, 3.8) is 0 Å². The normalized spacial score (nSPS) is 31.6. The van der Waals surface area contributed by atoms with Gasteiger partial charge < -0.3 is 5.11 Å². The first-order chi connectivity index (χ1) is 6.22. The van der Waals surface area contributed by atoms with Gasteiger partial charge in [0.1, 0.15) is 0 Å². The van der Waals surface area contributed by atoms with E-state index in [0.717, 1.165) is 18.3 Å². The highest BCUT2D eigenvalue weighted by Gasteiger charge is 2.19. The van der Waals surface area contributed by atoms with Crippen LogP contribution >= 0.6 is 0 Å². The van der Waals surface area contributed by atoms with Crippen LogP contribution in [0.2, 0.25) is 0 Å². The molecule has 0 unspecified atom stereocenters. The summed E-state index contributed by atoms with van der Waals surface area (Å²) in [6.07, 6.45) is 9.20. The Morgan fingerprint density at radius 3 is 2.15 bits per heavy atom. The third-order valence-electron chi connectivity index (χ3n) is 3.54. The largest absolute Gasteiger partial charge is 0.393 e. The van der Waals surface area contributed by atoms with Gasteiger partial charge in [0.15, 0.2) is 0 Å². The maximum Gasteiger partial charge on any atom is 0.0512 e. The fraction of sp³-hybridized carbons (Fsp3) is 1.00. The molecule has 1 aliphatic carbocycles. The highest BCUT2D eigenvalue weighted by atomic mass is 16.3. The zero-order chi connectivity index (χ0) is 9.68. The molecule has 0 amide bonds. The van der Waals surface area contributed by atoms with Crippen molar-refractivity contribution < 1.29 is 5.11 Å². The first kappa shape index (κ1) is 11.0. The van der Waals surface area contributed by atoms with E-state index in [0.29, 0.717) is 0 Å². The Labute approximate surface area is 82.5 Å². The van der Waals surface area contributed by atoms with Gasteiger partial charge in [0.05, 0.1) is 6.10 Å². The lowest BCUT2D eigenvalue weighted by Gasteiger charge is -2.27. The molecule has 0 radical (unpaired) electrons. The molecule has 0 saturated heterocycles. The van der Waals surface area contributed by atoms with Crippen molar-refractivity contribution in [1.82, 2.24) is 0 Å². The Kier molecular flexibility index (Phi) is 4.79. The van der Waals surface area contributed by atoms with Crippen LogP contribution in [-0.2, 0) is 0 Å². The molecule has 1 heteroatoms. The van der Waals surface area contributed by atoms with Gasteiger partial charge in [-0.05, 0) is 31.6 Å². The average molecular weight is 184 g/mol. The van der Waals surface area contributed by atoms with Crippen LogP contribution in [0.25, 0.3) is 0 Å². The van der Waals surface area contributed by atoms with E-state index in [1.807, 2.05) is 6.92 Å². The Morgan fingerprint density at radius 2 is 1.69 bits per heavy atom. The van der Waals surface area contributed by atoms with Crippen LogP contribution in [0, 0.1) is 11.8 Å². The molecule has 1 aliphatic rings. The summed E-state index contributed by atoms with van der Waals surface area (Å²) in [5.41, 5.74) is 0. The van der Waals surface area contributed by atoms with E-state index in [9.17, 15) is 5.11 Å². The molecule has 0 aromatic carbocycles. The second kappa shape index (κ2) is 5.64. The van der Waals surface area contributed by atoms with Gasteiger partial charge in [0, 0.05) is 0 Å². The zero-order valence-electron chi connectivity index (χ0n) is 9.13. The van der Waals surface area contributed by atoms with Crippen LogP contribution in [0.15, 0.2) is 0 Å². The molecule has 1 rings (SSSR count). The lowest BCUT2D eigenvalue weighted by molar-refractivity contribution is 0.161. The van der Waals surface area contributed by atoms with Crippen molar-refractivity contribution in [2.24, 2.45) is 11.8 Å². The van der Waals surface area contributed by atoms with Gasteiger partial charge in [-0.2, -0.15) is 0 Å². The Bertz CT molecular complexity index is 123. The maximum absolute atomic E-state index is 9.18. The standard InChI is InChI=1S/C12H24O/c1-3-11-6-8-12(9-7-11)5-4-10(2)13/h10-13H,3-9H2,1-2H3/t10-,11?,12?/m1/s1. The van der Waals surface area contributed by atoms with E-state index in [-0.39, 0.29) is 6.10 Å². The average Bonchev–Trinajstić information content (AvgIpc) is 2.15. The molecule has 1 fully saturated rings. The van der Waals surface area contributed by atoms with E-state index < -0.39 is 0 Å². The molecule has 78 valence electrons. The molecule has 0 aliphatic heterocycles. The van der Waals surface area contributed by atoms with Gasteiger partial charge in [-0.25, -0.2) is 0 Å². The quantitative estimate of drug-likeness (QED) is 0.710. The van der Waals surface area contributed by atoms with Gasteiger partial charge in [-0.3, -0.25) is 0 Å². The zero-order valence-corrected chi connectivity index (χ0v) is 9.13. The molecule has 0 bridgehead atoms. The lowest BCUT2D eigenvalue weighted by Crippen LogP contribution is -2.15. The number of aliphatic hydroxyl groups is 1. The molecule has 1 atom stereocenters. The van der Waals surface area contributed by atoms with Crippen molar-refractivity contribution in [3.8, 4) is 0 Å². The third-order valence-corrected chi connectivity index (χ3v) is 3.54. The van der Waals surface area contributed by atoms with Gasteiger partial charge in [0.2, 0.25) is 0 Å². The first-order valence-electron chi connectivity index (χ1n) is 5.90. The molecule has 1 nitrogen and oxygen atoms in total. The summed E-state index contributed by atoms with van der Waals surface area (Å²) in [4.78, 5) is 0. The predicted molar refractivity (Wildman–Crippen MR) is 56.7 cm³/mol. The summed E-state index contributed by atoms with van der Waals surface area (Å²) < 4.78 is 0. The Balaban J connectivity index is 2.10. The minimum Gasteiger partial charge on any atom is -0.393 e. The first-order valence-corrected chi connectivity index (χ1v) is 5.90.